The zero-order chi connectivity index (χ0) is 23.0. The van der Waals surface area contributed by atoms with E-state index in [4.69, 9.17) is 16.3 Å². The van der Waals surface area contributed by atoms with Crippen molar-refractivity contribution in [2.45, 2.75) is 57.6 Å². The lowest BCUT2D eigenvalue weighted by atomic mass is 9.81. The largest absolute Gasteiger partial charge is 0.476 e. The van der Waals surface area contributed by atoms with Crippen LogP contribution in [0.25, 0.3) is 0 Å². The number of anilines is 1. The Morgan fingerprint density at radius 3 is 2.39 bits per heavy atom. The summed E-state index contributed by atoms with van der Waals surface area (Å²) < 4.78 is 33.9. The lowest BCUT2D eigenvalue weighted by Gasteiger charge is -2.38. The normalized spacial score (nSPS) is 17.0. The van der Waals surface area contributed by atoms with Gasteiger partial charge in [-0.3, -0.25) is 9.10 Å². The molecule has 0 saturated carbocycles. The molecule has 0 fully saturated rings. The molecule has 1 aliphatic rings. The van der Waals surface area contributed by atoms with Gasteiger partial charge in [0.2, 0.25) is 0 Å². The summed E-state index contributed by atoms with van der Waals surface area (Å²) in [5, 5.41) is 3.40. The molecule has 0 aliphatic carbocycles. The van der Waals surface area contributed by atoms with Gasteiger partial charge in [0.05, 0.1) is 17.1 Å². The predicted molar refractivity (Wildman–Crippen MR) is 123 cm³/mol. The van der Waals surface area contributed by atoms with Crippen molar-refractivity contribution in [2.24, 2.45) is 5.41 Å². The van der Waals surface area contributed by atoms with Crippen LogP contribution in [-0.2, 0) is 14.8 Å². The first-order chi connectivity index (χ1) is 14.3. The van der Waals surface area contributed by atoms with Gasteiger partial charge >= 0.3 is 0 Å². The molecule has 0 spiro atoms. The fourth-order valence-electron chi connectivity index (χ4n) is 4.09. The van der Waals surface area contributed by atoms with Gasteiger partial charge < -0.3 is 10.1 Å². The van der Waals surface area contributed by atoms with Gasteiger partial charge in [0.25, 0.3) is 15.9 Å². The highest BCUT2D eigenvalue weighted by Gasteiger charge is 2.39. The van der Waals surface area contributed by atoms with E-state index in [0.717, 1.165) is 6.42 Å². The summed E-state index contributed by atoms with van der Waals surface area (Å²) in [6.07, 6.45) is -0.247. The Balaban J connectivity index is 1.94. The van der Waals surface area contributed by atoms with E-state index in [1.54, 1.807) is 30.3 Å². The molecule has 0 aromatic heterocycles. The monoisotopic (exact) mass is 464 g/mol. The molecule has 6 nitrogen and oxygen atoms in total. The Labute approximate surface area is 189 Å². The Morgan fingerprint density at radius 2 is 1.77 bits per heavy atom. The molecule has 0 unspecified atom stereocenters. The number of carbonyl (C=O) groups is 1. The topological polar surface area (TPSA) is 75.7 Å². The minimum atomic E-state index is -3.92. The van der Waals surface area contributed by atoms with E-state index in [-0.39, 0.29) is 22.8 Å². The van der Waals surface area contributed by atoms with Crippen molar-refractivity contribution in [3.8, 4) is 5.75 Å². The van der Waals surface area contributed by atoms with Crippen LogP contribution in [0, 0.1) is 5.41 Å². The predicted octanol–water partition coefficient (Wildman–Crippen LogP) is 4.63. The zero-order valence-corrected chi connectivity index (χ0v) is 20.0. The number of fused-ring (bicyclic) bond motifs is 1. The molecule has 31 heavy (non-hydrogen) atoms. The molecule has 0 saturated heterocycles. The van der Waals surface area contributed by atoms with E-state index < -0.39 is 21.7 Å². The molecule has 8 heteroatoms. The number of sulfonamides is 1. The van der Waals surface area contributed by atoms with Crippen molar-refractivity contribution < 1.29 is 17.9 Å². The standard InChI is InChI=1S/C23H29ClN2O4S/c1-22(2,3)15-23(4,5)25-21(27)20-14-26(18-13-16(24)11-12-19(18)30-20)31(28,29)17-9-7-6-8-10-17/h6-13,20H,14-15H2,1-5H3,(H,25,27)/t20-/m0/s1. The smallest absolute Gasteiger partial charge is 0.264 e. The van der Waals surface area contributed by atoms with Crippen molar-refractivity contribution in [1.82, 2.24) is 5.32 Å². The molecule has 0 bridgehead atoms. The first-order valence-corrected chi connectivity index (χ1v) is 12.0. The van der Waals surface area contributed by atoms with Crippen LogP contribution in [0.3, 0.4) is 0 Å². The van der Waals surface area contributed by atoms with Gasteiger partial charge in [0, 0.05) is 10.6 Å². The molecule has 168 valence electrons. The lowest BCUT2D eigenvalue weighted by Crippen LogP contribution is -2.55. The lowest BCUT2D eigenvalue weighted by molar-refractivity contribution is -0.129. The first kappa shape index (κ1) is 23.4. The molecular formula is C23H29ClN2O4S. The highest BCUT2D eigenvalue weighted by molar-refractivity contribution is 7.92. The Hall–Kier alpha value is -2.25. The summed E-state index contributed by atoms with van der Waals surface area (Å²) >= 11 is 6.13. The number of carbonyl (C=O) groups excluding carboxylic acids is 1. The number of rotatable bonds is 5. The third-order valence-electron chi connectivity index (χ3n) is 4.85. The van der Waals surface area contributed by atoms with Gasteiger partial charge in [0.15, 0.2) is 6.10 Å². The molecule has 2 aromatic rings. The molecule has 0 radical (unpaired) electrons. The molecule has 1 heterocycles. The minimum absolute atomic E-state index is 0.0102. The minimum Gasteiger partial charge on any atom is -0.476 e. The van der Waals surface area contributed by atoms with Gasteiger partial charge in [-0.2, -0.15) is 0 Å². The summed E-state index contributed by atoms with van der Waals surface area (Å²) in [5.74, 6) is -0.0629. The Bertz CT molecular complexity index is 1060. The number of hydrogen-bond acceptors (Lipinski definition) is 4. The second-order valence-corrected chi connectivity index (χ2v) is 12.0. The van der Waals surface area contributed by atoms with Crippen molar-refractivity contribution in [3.05, 3.63) is 53.6 Å². The maximum Gasteiger partial charge on any atom is 0.264 e. The number of benzene rings is 2. The van der Waals surface area contributed by atoms with Gasteiger partial charge in [-0.05, 0) is 56.0 Å². The van der Waals surface area contributed by atoms with E-state index in [9.17, 15) is 13.2 Å². The summed E-state index contributed by atoms with van der Waals surface area (Å²) in [6, 6.07) is 12.8. The van der Waals surface area contributed by atoms with Crippen LogP contribution in [0.4, 0.5) is 5.69 Å². The van der Waals surface area contributed by atoms with Crippen LogP contribution in [0.5, 0.6) is 5.75 Å². The van der Waals surface area contributed by atoms with Gasteiger partial charge in [0.1, 0.15) is 5.75 Å². The molecule has 1 aliphatic heterocycles. The van der Waals surface area contributed by atoms with E-state index in [1.807, 2.05) is 13.8 Å². The van der Waals surface area contributed by atoms with Crippen LogP contribution < -0.4 is 14.4 Å². The summed E-state index contributed by atoms with van der Waals surface area (Å²) in [6.45, 7) is 10.1. The molecular weight excluding hydrogens is 436 g/mol. The highest BCUT2D eigenvalue weighted by Crippen LogP contribution is 2.39. The van der Waals surface area contributed by atoms with E-state index in [0.29, 0.717) is 16.5 Å². The fourth-order valence-corrected chi connectivity index (χ4v) is 5.75. The number of amides is 1. The Morgan fingerprint density at radius 1 is 1.13 bits per heavy atom. The first-order valence-electron chi connectivity index (χ1n) is 10.1. The molecule has 1 atom stereocenters. The van der Waals surface area contributed by atoms with E-state index in [1.165, 1.54) is 22.5 Å². The number of ether oxygens (including phenoxy) is 1. The Kier molecular flexibility index (Phi) is 6.31. The summed E-state index contributed by atoms with van der Waals surface area (Å²) in [5.41, 5.74) is -0.160. The van der Waals surface area contributed by atoms with Crippen LogP contribution in [0.1, 0.15) is 41.0 Å². The van der Waals surface area contributed by atoms with Crippen molar-refractivity contribution >= 4 is 33.2 Å². The van der Waals surface area contributed by atoms with Gasteiger partial charge in [-0.25, -0.2) is 8.42 Å². The average molecular weight is 465 g/mol. The second-order valence-electron chi connectivity index (χ2n) is 9.68. The molecule has 1 amide bonds. The number of nitrogens with one attached hydrogen (secondary N) is 1. The highest BCUT2D eigenvalue weighted by atomic mass is 35.5. The van der Waals surface area contributed by atoms with Crippen LogP contribution in [0.15, 0.2) is 53.4 Å². The van der Waals surface area contributed by atoms with Crippen LogP contribution >= 0.6 is 11.6 Å². The molecule has 1 N–H and O–H groups in total. The molecule has 3 rings (SSSR count). The number of nitrogens with zero attached hydrogens (tertiary/aromatic N) is 1. The van der Waals surface area contributed by atoms with Crippen molar-refractivity contribution in [1.29, 1.82) is 0 Å². The average Bonchev–Trinajstić information content (AvgIpc) is 2.65. The van der Waals surface area contributed by atoms with Crippen LogP contribution in [0.2, 0.25) is 5.02 Å². The van der Waals surface area contributed by atoms with Gasteiger partial charge in [-0.1, -0.05) is 50.6 Å². The van der Waals surface area contributed by atoms with E-state index in [2.05, 4.69) is 26.1 Å². The molecule has 2 aromatic carbocycles. The SMILES string of the molecule is CC(C)(C)CC(C)(C)NC(=O)[C@@H]1CN(S(=O)(=O)c2ccccc2)c2cc(Cl)ccc2O1. The van der Waals surface area contributed by atoms with Crippen molar-refractivity contribution in [3.63, 3.8) is 0 Å². The van der Waals surface area contributed by atoms with E-state index >= 15 is 0 Å². The zero-order valence-electron chi connectivity index (χ0n) is 18.5. The maximum atomic E-state index is 13.4. The van der Waals surface area contributed by atoms with Gasteiger partial charge in [-0.15, -0.1) is 0 Å². The second kappa shape index (κ2) is 8.36. The number of hydrogen-bond donors (Lipinski definition) is 1. The quantitative estimate of drug-likeness (QED) is 0.700. The summed E-state index contributed by atoms with van der Waals surface area (Å²) in [7, 11) is -3.92. The van der Waals surface area contributed by atoms with Crippen LogP contribution in [-0.4, -0.2) is 32.5 Å². The fraction of sp³-hybridized carbons (Fsp3) is 0.435. The number of halogens is 1. The van der Waals surface area contributed by atoms with Crippen molar-refractivity contribution in [2.75, 3.05) is 10.8 Å². The third kappa shape index (κ3) is 5.52. The third-order valence-corrected chi connectivity index (χ3v) is 6.88. The maximum absolute atomic E-state index is 13.4. The summed E-state index contributed by atoms with van der Waals surface area (Å²) in [4.78, 5) is 13.2.